The Morgan fingerprint density at radius 3 is 1.12 bits per heavy atom. The van der Waals surface area contributed by atoms with E-state index in [9.17, 15) is 49.2 Å². The number of hydroxylamine groups is 13. The summed E-state index contributed by atoms with van der Waals surface area (Å²) in [5, 5.41) is 39.7. The maximum atomic E-state index is 12.4. The molecule has 2 aliphatic heterocycles. The predicted octanol–water partition coefficient (Wildman–Crippen LogP) is 20.4. The molecule has 7 amide bonds. The zero-order valence-corrected chi connectivity index (χ0v) is 82.1. The second kappa shape index (κ2) is 56.6. The second-order valence-electron chi connectivity index (χ2n) is 33.6. The summed E-state index contributed by atoms with van der Waals surface area (Å²) in [6, 6.07) is 106. The highest BCUT2D eigenvalue weighted by atomic mass is 16.7. The van der Waals surface area contributed by atoms with Crippen LogP contribution >= 0.6 is 0 Å². The van der Waals surface area contributed by atoms with Gasteiger partial charge in [0.15, 0.2) is 0 Å². The molecular weight excluding hydrogens is 1830 g/mol. The summed E-state index contributed by atoms with van der Waals surface area (Å²) in [6.07, 6.45) is 14.4. The fourth-order valence-electron chi connectivity index (χ4n) is 14.8. The second-order valence-corrected chi connectivity index (χ2v) is 33.6. The van der Waals surface area contributed by atoms with E-state index in [4.69, 9.17) is 19.4 Å². The van der Waals surface area contributed by atoms with Crippen molar-refractivity contribution in [3.8, 4) is 11.1 Å². The molecule has 9 heterocycles. The van der Waals surface area contributed by atoms with Crippen LogP contribution in [-0.2, 0) is 58.8 Å². The zero-order chi connectivity index (χ0) is 102. The number of carbonyl (C=O) groups excluding carboxylic acids is 7. The van der Waals surface area contributed by atoms with Crippen LogP contribution in [-0.4, -0.2) is 176 Å². The highest BCUT2D eigenvalue weighted by molar-refractivity contribution is 5.98. The summed E-state index contributed by atoms with van der Waals surface area (Å²) in [5.74, 6) is -2.58. The standard InChI is InChI=1S/C20H18N2O2.C18H21N3O2.C18H16N2O2.C17H19N3O2.C17H14N2O2.C15H16N2O2.C10H14N2O2/c1-15-6-5-9-17(12-15)18-10-11-19(21-13-18)20(23)22(24)14-16-7-3-2-4-8-16;22-18(21(23)14-15-7-3-1-4-8-15)17-13-16(9-10-19-17)20-11-5-2-6-12-20;1-20(22-13-14-7-3-2-4-8-14)18(21)17-11-15-9-5-6-10-16(15)12-19-17;21-17(20(22)13-14-6-2-1-3-7-14)16-9-8-15(12-18-16)19-10-4-5-11-19;20-17(19-21-12-13-6-2-1-3-7-13)16-10-14-8-4-5-9-15(14)11-18-16;1-12-7-6-10-14(16-12)15(18)17(2)19-11-13-8-4-3-5-9-13;1-4-14-12(3)10(13)9-7-5-6-8(2)11-9/h2-13,24H,14H2,1H3;1,3-4,7-10,13,23H,2,5-6,11-12,14H2;2-12H,13H2,1H3;1-3,6-9,12,22H,4-5,10-11,13H2;1-11H,12H2,(H,19,20);3-10H,11H2,1-2H3;5-7H,4H2,1-3H3. The predicted molar refractivity (Wildman–Crippen MR) is 555 cm³/mol. The number of carbonyl (C=O) groups is 7. The van der Waals surface area contributed by atoms with E-state index >= 15 is 0 Å². The van der Waals surface area contributed by atoms with E-state index in [0.717, 1.165) is 126 Å². The molecule has 0 aliphatic carbocycles. The minimum atomic E-state index is -0.519. The van der Waals surface area contributed by atoms with Crippen LogP contribution in [0.15, 0.2) is 371 Å². The van der Waals surface area contributed by atoms with Gasteiger partial charge in [0.25, 0.3) is 41.4 Å². The molecule has 145 heavy (non-hydrogen) atoms. The number of amides is 7. The van der Waals surface area contributed by atoms with Crippen LogP contribution in [0.5, 0.6) is 0 Å². The molecule has 0 saturated carbocycles. The first-order valence-electron chi connectivity index (χ1n) is 47.4. The van der Waals surface area contributed by atoms with E-state index in [1.807, 2.05) is 307 Å². The van der Waals surface area contributed by atoms with Crippen LogP contribution in [0.25, 0.3) is 32.7 Å². The van der Waals surface area contributed by atoms with Gasteiger partial charge in [0.1, 0.15) is 53.1 Å². The number of fused-ring (bicyclic) bond motifs is 2. The van der Waals surface area contributed by atoms with E-state index in [0.29, 0.717) is 59.3 Å². The Bertz CT molecular complexity index is 6790. The van der Waals surface area contributed by atoms with Crippen LogP contribution in [0.2, 0.25) is 0 Å². The van der Waals surface area contributed by atoms with Crippen molar-refractivity contribution >= 4 is 74.3 Å². The normalized spacial score (nSPS) is 11.6. The lowest BCUT2D eigenvalue weighted by molar-refractivity contribution is -0.116. The number of benzene rings is 9. The van der Waals surface area contributed by atoms with Gasteiger partial charge in [0.2, 0.25) is 0 Å². The average Bonchev–Trinajstić information content (AvgIpc) is 1.86. The Hall–Kier alpha value is -16.8. The van der Waals surface area contributed by atoms with Gasteiger partial charge >= 0.3 is 0 Å². The van der Waals surface area contributed by atoms with Gasteiger partial charge in [-0.05, 0) is 176 Å². The maximum absolute atomic E-state index is 12.4. The number of hydrogen-bond acceptors (Lipinski definition) is 23. The minimum Gasteiger partial charge on any atom is -0.371 e. The molecule has 18 rings (SSSR count). The van der Waals surface area contributed by atoms with E-state index in [1.54, 1.807) is 107 Å². The van der Waals surface area contributed by atoms with Crippen LogP contribution in [0.4, 0.5) is 11.4 Å². The summed E-state index contributed by atoms with van der Waals surface area (Å²) in [4.78, 5) is 140. The van der Waals surface area contributed by atoms with E-state index in [1.165, 1.54) is 47.3 Å². The third kappa shape index (κ3) is 34.3. The van der Waals surface area contributed by atoms with Crippen LogP contribution in [0.1, 0.15) is 163 Å². The van der Waals surface area contributed by atoms with Gasteiger partial charge in [-0.2, -0.15) is 0 Å². The SMILES string of the molecule is CCON(C)C(=O)c1cccc(C)n1.CN(OCc1ccccc1)C(=O)c1cc2ccccc2cn1.Cc1cccc(-c2ccc(C(=O)N(O)Cc3ccccc3)nc2)c1.Cc1cccc(C(=O)N(C)OCc2ccccc2)n1.O=C(NOCc1ccccc1)c1cc2ccccc2cn1.O=C(c1cc(N2CCCCC2)ccn1)N(O)Cc1ccccc1.O=C(c1ccc(N2CCCC2)cn1)N(O)Cc1ccccc1. The van der Waals surface area contributed by atoms with Crippen molar-refractivity contribution in [3.05, 3.63) is 461 Å². The quantitative estimate of drug-likeness (QED) is 0.0274. The Morgan fingerprint density at radius 2 is 0.683 bits per heavy atom. The first kappa shape index (κ1) is 107. The number of hydrogen-bond donors (Lipinski definition) is 4. The highest BCUT2D eigenvalue weighted by Crippen LogP contribution is 2.26. The van der Waals surface area contributed by atoms with Gasteiger partial charge < -0.3 is 9.80 Å². The molecule has 0 atom stereocenters. The number of aryl methyl sites for hydroxylation is 3. The van der Waals surface area contributed by atoms with Crippen molar-refractivity contribution in [2.24, 2.45) is 0 Å². The van der Waals surface area contributed by atoms with Crippen molar-refractivity contribution in [3.63, 3.8) is 0 Å². The molecule has 4 N–H and O–H groups in total. The topological polar surface area (TPSA) is 345 Å². The molecule has 2 saturated heterocycles. The largest absolute Gasteiger partial charge is 0.371 e. The van der Waals surface area contributed by atoms with Gasteiger partial charge in [-0.25, -0.2) is 50.8 Å². The molecule has 16 aromatic rings. The molecule has 30 nitrogen and oxygen atoms in total. The molecule has 0 radical (unpaired) electrons. The molecule has 30 heteroatoms. The van der Waals surface area contributed by atoms with Crippen molar-refractivity contribution in [2.45, 2.75) is 99.3 Å². The van der Waals surface area contributed by atoms with Gasteiger partial charge in [-0.15, -0.1) is 0 Å². The van der Waals surface area contributed by atoms with Gasteiger partial charge in [-0.3, -0.25) is 88.5 Å². The Morgan fingerprint density at radius 1 is 0.310 bits per heavy atom. The Balaban J connectivity index is 0.000000151. The summed E-state index contributed by atoms with van der Waals surface area (Å²) in [5.41, 5.74) is 17.0. The third-order valence-corrected chi connectivity index (χ3v) is 22.6. The fraction of sp³-hybridized carbons (Fsp3) is 0.200. The molecule has 7 aromatic heterocycles. The third-order valence-electron chi connectivity index (χ3n) is 22.6. The van der Waals surface area contributed by atoms with Crippen molar-refractivity contribution in [1.82, 2.24) is 70.7 Å². The van der Waals surface area contributed by atoms with Crippen LogP contribution in [0.3, 0.4) is 0 Å². The number of anilines is 2. The highest BCUT2D eigenvalue weighted by Gasteiger charge is 2.24. The number of rotatable bonds is 27. The summed E-state index contributed by atoms with van der Waals surface area (Å²) < 4.78 is 0. The molecular formula is C115H118N16O14. The molecule has 0 bridgehead atoms. The van der Waals surface area contributed by atoms with Crippen LogP contribution < -0.4 is 15.3 Å². The minimum absolute atomic E-state index is 0.126. The molecule has 0 unspecified atom stereocenters. The molecule has 2 fully saturated rings. The summed E-state index contributed by atoms with van der Waals surface area (Å²) >= 11 is 0. The Labute approximate surface area is 843 Å². The lowest BCUT2D eigenvalue weighted by Crippen LogP contribution is -2.31. The lowest BCUT2D eigenvalue weighted by Gasteiger charge is -2.29. The number of aromatic nitrogens is 7. The molecule has 2 aliphatic rings. The van der Waals surface area contributed by atoms with Crippen molar-refractivity contribution < 1.29 is 68.5 Å². The summed E-state index contributed by atoms with van der Waals surface area (Å²) in [7, 11) is 4.77. The van der Waals surface area contributed by atoms with Crippen molar-refractivity contribution in [1.29, 1.82) is 0 Å². The number of pyridine rings is 7. The van der Waals surface area contributed by atoms with Gasteiger partial charge in [0.05, 0.1) is 44.7 Å². The van der Waals surface area contributed by atoms with E-state index in [2.05, 4.69) is 56.2 Å². The Kier molecular flexibility index (Phi) is 41.7. The van der Waals surface area contributed by atoms with Crippen LogP contribution in [0, 0.1) is 20.8 Å². The van der Waals surface area contributed by atoms with E-state index < -0.39 is 17.7 Å². The first-order chi connectivity index (χ1) is 70.5. The fourth-order valence-corrected chi connectivity index (χ4v) is 14.8. The number of nitrogens with one attached hydrogen (secondary N) is 1. The average molecular weight is 1950 g/mol. The first-order valence-corrected chi connectivity index (χ1v) is 47.4. The smallest absolute Gasteiger partial charge is 0.296 e. The lowest BCUT2D eigenvalue weighted by atomic mass is 10.1. The zero-order valence-electron chi connectivity index (χ0n) is 82.1. The maximum Gasteiger partial charge on any atom is 0.296 e. The number of nitrogens with zero attached hydrogens (tertiary/aromatic N) is 15. The van der Waals surface area contributed by atoms with Gasteiger partial charge in [0, 0.05) is 106 Å². The van der Waals surface area contributed by atoms with Crippen molar-refractivity contribution in [2.75, 3.05) is 63.7 Å². The molecule has 0 spiro atoms. The van der Waals surface area contributed by atoms with Gasteiger partial charge in [-0.1, -0.05) is 279 Å². The number of piperidine rings is 1. The van der Waals surface area contributed by atoms with E-state index in [-0.39, 0.29) is 60.3 Å². The monoisotopic (exact) mass is 1950 g/mol. The molecule has 9 aromatic carbocycles. The summed E-state index contributed by atoms with van der Waals surface area (Å²) in [6.45, 7) is 13.5. The molecule has 742 valence electrons.